The quantitative estimate of drug-likeness (QED) is 0.869. The van der Waals surface area contributed by atoms with Gasteiger partial charge in [0.2, 0.25) is 0 Å². The number of rotatable bonds is 3. The first kappa shape index (κ1) is 15.6. The molecule has 0 amide bonds. The van der Waals surface area contributed by atoms with Crippen LogP contribution < -0.4 is 0 Å². The van der Waals surface area contributed by atoms with Gasteiger partial charge in [-0.3, -0.25) is 9.69 Å². The third kappa shape index (κ3) is 3.02. The van der Waals surface area contributed by atoms with Gasteiger partial charge in [-0.25, -0.2) is 0 Å². The van der Waals surface area contributed by atoms with E-state index in [4.69, 9.17) is 4.74 Å². The van der Waals surface area contributed by atoms with Crippen molar-refractivity contribution in [1.82, 2.24) is 4.90 Å². The van der Waals surface area contributed by atoms with E-state index in [1.54, 1.807) is 0 Å². The fourth-order valence-corrected chi connectivity index (χ4v) is 4.20. The van der Waals surface area contributed by atoms with Gasteiger partial charge in [0.1, 0.15) is 5.78 Å². The topological polar surface area (TPSA) is 29.5 Å². The predicted octanol–water partition coefficient (Wildman–Crippen LogP) is 3.26. The zero-order valence-electron chi connectivity index (χ0n) is 13.8. The molecule has 0 bridgehead atoms. The van der Waals surface area contributed by atoms with E-state index in [1.807, 2.05) is 12.1 Å². The zero-order chi connectivity index (χ0) is 16.4. The van der Waals surface area contributed by atoms with Crippen LogP contribution in [0, 0.1) is 5.92 Å². The summed E-state index contributed by atoms with van der Waals surface area (Å²) in [6.07, 6.45) is 0.545. The number of likely N-dealkylation sites (tertiary alicyclic amines) is 1. The summed E-state index contributed by atoms with van der Waals surface area (Å²) in [6.45, 7) is 3.02. The predicted molar refractivity (Wildman–Crippen MR) is 93.8 cm³/mol. The maximum atomic E-state index is 12.8. The number of benzene rings is 2. The molecule has 24 heavy (non-hydrogen) atoms. The van der Waals surface area contributed by atoms with Crippen molar-refractivity contribution in [3.63, 3.8) is 0 Å². The van der Waals surface area contributed by atoms with E-state index in [0.717, 1.165) is 13.1 Å². The number of carbonyl (C=O) groups excluding carboxylic acids is 1. The first-order valence-electron chi connectivity index (χ1n) is 8.76. The molecule has 0 radical (unpaired) electrons. The minimum Gasteiger partial charge on any atom is -0.379 e. The van der Waals surface area contributed by atoms with Crippen molar-refractivity contribution < 1.29 is 9.53 Å². The summed E-state index contributed by atoms with van der Waals surface area (Å²) < 4.78 is 5.77. The summed E-state index contributed by atoms with van der Waals surface area (Å²) in [7, 11) is 0. The van der Waals surface area contributed by atoms with Gasteiger partial charge in [-0.05, 0) is 11.1 Å². The lowest BCUT2D eigenvalue weighted by Crippen LogP contribution is -2.37. The Bertz CT molecular complexity index is 685. The number of hydrogen-bond acceptors (Lipinski definition) is 3. The Morgan fingerprint density at radius 2 is 1.71 bits per heavy atom. The lowest BCUT2D eigenvalue weighted by Gasteiger charge is -2.25. The number of fused-ring (bicyclic) bond motifs is 1. The van der Waals surface area contributed by atoms with Crippen LogP contribution in [0.5, 0.6) is 0 Å². The molecule has 0 spiro atoms. The van der Waals surface area contributed by atoms with E-state index in [-0.39, 0.29) is 17.9 Å². The second-order valence-corrected chi connectivity index (χ2v) is 6.82. The number of ether oxygens (including phenoxy) is 1. The van der Waals surface area contributed by atoms with Crippen LogP contribution in [0.2, 0.25) is 0 Å². The van der Waals surface area contributed by atoms with Gasteiger partial charge in [-0.15, -0.1) is 0 Å². The van der Waals surface area contributed by atoms with E-state index < -0.39 is 0 Å². The summed E-state index contributed by atoms with van der Waals surface area (Å²) in [4.78, 5) is 15.2. The van der Waals surface area contributed by atoms with Gasteiger partial charge < -0.3 is 4.74 Å². The van der Waals surface area contributed by atoms with E-state index in [1.165, 1.54) is 11.1 Å². The third-order valence-corrected chi connectivity index (χ3v) is 5.36. The normalized spacial score (nSPS) is 27.7. The maximum Gasteiger partial charge on any atom is 0.140 e. The number of ketones is 1. The second kappa shape index (κ2) is 6.88. The standard InChI is InChI=1S/C21H23NO2/c23-20-11-12-24-15-19-21(20)18(17-9-5-2-6-10-17)14-22(19)13-16-7-3-1-4-8-16/h1-10,18-19,21H,11-15H2/t18-,19+,21-/m1/s1. The highest BCUT2D eigenvalue weighted by atomic mass is 16.5. The number of hydrogen-bond donors (Lipinski definition) is 0. The molecule has 3 nitrogen and oxygen atoms in total. The van der Waals surface area contributed by atoms with Crippen LogP contribution in [-0.2, 0) is 16.1 Å². The van der Waals surface area contributed by atoms with Crippen molar-refractivity contribution in [1.29, 1.82) is 0 Å². The minimum atomic E-state index is 0.0543. The number of carbonyl (C=O) groups is 1. The third-order valence-electron chi connectivity index (χ3n) is 5.36. The van der Waals surface area contributed by atoms with Gasteiger partial charge in [0.15, 0.2) is 0 Å². The molecule has 3 heteroatoms. The van der Waals surface area contributed by atoms with Gasteiger partial charge in [0, 0.05) is 37.4 Å². The highest BCUT2D eigenvalue weighted by Crippen LogP contribution is 2.40. The Morgan fingerprint density at radius 1 is 1.00 bits per heavy atom. The molecule has 3 atom stereocenters. The maximum absolute atomic E-state index is 12.8. The Kier molecular flexibility index (Phi) is 4.46. The molecule has 0 unspecified atom stereocenters. The van der Waals surface area contributed by atoms with E-state index in [2.05, 4.69) is 53.4 Å². The highest BCUT2D eigenvalue weighted by Gasteiger charge is 2.46. The molecule has 2 aliphatic heterocycles. The molecule has 0 aliphatic carbocycles. The molecular formula is C21H23NO2. The van der Waals surface area contributed by atoms with Crippen LogP contribution in [0.3, 0.4) is 0 Å². The van der Waals surface area contributed by atoms with Gasteiger partial charge >= 0.3 is 0 Å². The van der Waals surface area contributed by atoms with Gasteiger partial charge in [-0.2, -0.15) is 0 Å². The van der Waals surface area contributed by atoms with Crippen molar-refractivity contribution in [2.24, 2.45) is 5.92 Å². The molecular weight excluding hydrogens is 298 g/mol. The van der Waals surface area contributed by atoms with Crippen molar-refractivity contribution in [2.45, 2.75) is 24.9 Å². The van der Waals surface area contributed by atoms with Crippen LogP contribution in [0.1, 0.15) is 23.5 Å². The van der Waals surface area contributed by atoms with Gasteiger partial charge in [0.25, 0.3) is 0 Å². The molecule has 2 fully saturated rings. The summed E-state index contributed by atoms with van der Waals surface area (Å²) in [5.41, 5.74) is 2.57. The lowest BCUT2D eigenvalue weighted by molar-refractivity contribution is -0.123. The zero-order valence-corrected chi connectivity index (χ0v) is 13.8. The first-order chi connectivity index (χ1) is 11.8. The van der Waals surface area contributed by atoms with Crippen molar-refractivity contribution in [3.8, 4) is 0 Å². The molecule has 2 saturated heterocycles. The SMILES string of the molecule is O=C1CCOC[C@H]2[C@H]1[C@@H](c1ccccc1)CN2Cc1ccccc1. The van der Waals surface area contributed by atoms with Crippen LogP contribution in [0.15, 0.2) is 60.7 Å². The number of nitrogens with zero attached hydrogens (tertiary/aromatic N) is 1. The Balaban J connectivity index is 1.64. The van der Waals surface area contributed by atoms with Crippen molar-refractivity contribution in [3.05, 3.63) is 71.8 Å². The smallest absolute Gasteiger partial charge is 0.140 e. The molecule has 124 valence electrons. The van der Waals surface area contributed by atoms with Crippen LogP contribution >= 0.6 is 0 Å². The summed E-state index contributed by atoms with van der Waals surface area (Å²) >= 11 is 0. The van der Waals surface area contributed by atoms with Crippen molar-refractivity contribution >= 4 is 5.78 Å². The van der Waals surface area contributed by atoms with E-state index >= 15 is 0 Å². The average molecular weight is 321 g/mol. The van der Waals surface area contributed by atoms with Crippen molar-refractivity contribution in [2.75, 3.05) is 19.8 Å². The minimum absolute atomic E-state index is 0.0543. The lowest BCUT2D eigenvalue weighted by atomic mass is 9.82. The number of Topliss-reactive ketones (excluding diaryl/α,β-unsaturated/α-hetero) is 1. The molecule has 2 aromatic rings. The van der Waals surface area contributed by atoms with Gasteiger partial charge in [0.05, 0.1) is 13.2 Å². The molecule has 2 aliphatic rings. The Hall–Kier alpha value is -1.97. The van der Waals surface area contributed by atoms with E-state index in [0.29, 0.717) is 25.4 Å². The fourth-order valence-electron chi connectivity index (χ4n) is 4.20. The molecule has 2 heterocycles. The fraction of sp³-hybridized carbons (Fsp3) is 0.381. The molecule has 4 rings (SSSR count). The first-order valence-corrected chi connectivity index (χ1v) is 8.76. The Morgan fingerprint density at radius 3 is 2.46 bits per heavy atom. The van der Waals surface area contributed by atoms with Crippen LogP contribution in [-0.4, -0.2) is 36.5 Å². The highest BCUT2D eigenvalue weighted by molar-refractivity contribution is 5.83. The molecule has 0 aromatic heterocycles. The summed E-state index contributed by atoms with van der Waals surface area (Å²) in [6, 6.07) is 21.2. The van der Waals surface area contributed by atoms with Gasteiger partial charge in [-0.1, -0.05) is 60.7 Å². The average Bonchev–Trinajstić information content (AvgIpc) is 2.87. The molecule has 0 saturated carbocycles. The largest absolute Gasteiger partial charge is 0.379 e. The van der Waals surface area contributed by atoms with Crippen LogP contribution in [0.25, 0.3) is 0 Å². The summed E-state index contributed by atoms with van der Waals surface area (Å²) in [5, 5.41) is 0. The second-order valence-electron chi connectivity index (χ2n) is 6.82. The van der Waals surface area contributed by atoms with E-state index in [9.17, 15) is 4.79 Å². The molecule has 2 aromatic carbocycles. The monoisotopic (exact) mass is 321 g/mol. The Labute approximate surface area is 143 Å². The molecule has 0 N–H and O–H groups in total. The van der Waals surface area contributed by atoms with Crippen LogP contribution in [0.4, 0.5) is 0 Å². The summed E-state index contributed by atoms with van der Waals surface area (Å²) in [5.74, 6) is 0.689.